The molecule has 0 aromatic rings. The third kappa shape index (κ3) is 3.08. The van der Waals surface area contributed by atoms with E-state index < -0.39 is 11.5 Å². The van der Waals surface area contributed by atoms with E-state index in [1.165, 1.54) is 7.11 Å². The summed E-state index contributed by atoms with van der Waals surface area (Å²) in [7, 11) is 1.43. The van der Waals surface area contributed by atoms with Gasteiger partial charge < -0.3 is 14.9 Å². The van der Waals surface area contributed by atoms with E-state index in [-0.39, 0.29) is 56.9 Å². The number of esters is 1. The van der Waals surface area contributed by atoms with Crippen molar-refractivity contribution >= 4 is 11.8 Å². The molecule has 10 atom stereocenters. The first kappa shape index (κ1) is 26.7. The highest BCUT2D eigenvalue weighted by Gasteiger charge is 2.75. The fourth-order valence-corrected chi connectivity index (χ4v) is 11.4. The molecule has 2 N–H and O–H groups in total. The summed E-state index contributed by atoms with van der Waals surface area (Å²) in [4.78, 5) is 27.8. The molecule has 5 heteroatoms. The maximum atomic E-state index is 14.4. The lowest BCUT2D eigenvalue weighted by atomic mass is 9.31. The summed E-state index contributed by atoms with van der Waals surface area (Å²) >= 11 is 0. The molecule has 36 heavy (non-hydrogen) atoms. The van der Waals surface area contributed by atoms with Gasteiger partial charge in [-0.25, -0.2) is 0 Å². The van der Waals surface area contributed by atoms with Gasteiger partial charge >= 0.3 is 5.97 Å². The number of rotatable bonds is 1. The quantitative estimate of drug-likeness (QED) is 0.459. The lowest BCUT2D eigenvalue weighted by molar-refractivity contribution is -0.263. The number of hydrogen-bond acceptors (Lipinski definition) is 5. The van der Waals surface area contributed by atoms with Crippen molar-refractivity contribution in [3.05, 3.63) is 0 Å². The molecule has 0 spiro atoms. The van der Waals surface area contributed by atoms with Gasteiger partial charge in [-0.3, -0.25) is 9.59 Å². The van der Waals surface area contributed by atoms with Gasteiger partial charge in [-0.15, -0.1) is 0 Å². The Morgan fingerprint density at radius 2 is 1.50 bits per heavy atom. The number of aliphatic hydroxyl groups excluding tert-OH is 2. The fraction of sp³-hybridized carbons (Fsp3) is 0.935. The Morgan fingerprint density at radius 3 is 2.14 bits per heavy atom. The third-order valence-electron chi connectivity index (χ3n) is 13.6. The summed E-state index contributed by atoms with van der Waals surface area (Å²) in [5.41, 5.74) is -1.64. The standard InChI is InChI=1S/C31H50O5/c1-26(2)13-14-31(25(35)36-8)18(16-26)24-19(32)15-21-28(5)11-10-22(33)27(3,4)20(28)9-12-29(21,6)30(24,7)17-23(31)34/h18,20-24,33-34H,9-17H2,1-8H3/t18-,20-,21+,22-,23+,24-,28-,29+,30+,31+/m0/s1. The highest BCUT2D eigenvalue weighted by molar-refractivity contribution is 5.87. The van der Waals surface area contributed by atoms with E-state index in [9.17, 15) is 19.8 Å². The van der Waals surface area contributed by atoms with Crippen molar-refractivity contribution in [2.75, 3.05) is 7.11 Å². The van der Waals surface area contributed by atoms with Crippen LogP contribution in [0.5, 0.6) is 0 Å². The molecule has 0 aliphatic heterocycles. The lowest BCUT2D eigenvalue weighted by Gasteiger charge is -2.73. The molecule has 5 aliphatic carbocycles. The van der Waals surface area contributed by atoms with Crippen LogP contribution in [0.4, 0.5) is 0 Å². The Labute approximate surface area is 218 Å². The summed E-state index contributed by atoms with van der Waals surface area (Å²) in [6, 6.07) is 0. The molecule has 0 bridgehead atoms. The van der Waals surface area contributed by atoms with E-state index in [2.05, 4.69) is 48.5 Å². The number of ether oxygens (including phenoxy) is 1. The maximum absolute atomic E-state index is 14.4. The topological polar surface area (TPSA) is 83.8 Å². The second-order valence-electron chi connectivity index (χ2n) is 15.7. The minimum atomic E-state index is -0.981. The van der Waals surface area contributed by atoms with Crippen LogP contribution in [0.25, 0.3) is 0 Å². The van der Waals surface area contributed by atoms with Crippen molar-refractivity contribution in [1.29, 1.82) is 0 Å². The molecule has 5 saturated carbocycles. The zero-order valence-electron chi connectivity index (χ0n) is 23.9. The number of carbonyl (C=O) groups excluding carboxylic acids is 2. The average Bonchev–Trinajstić information content (AvgIpc) is 2.77. The Kier molecular flexibility index (Phi) is 5.78. The minimum Gasteiger partial charge on any atom is -0.469 e. The van der Waals surface area contributed by atoms with Crippen molar-refractivity contribution in [2.24, 2.45) is 56.2 Å². The molecule has 5 nitrogen and oxygen atoms in total. The van der Waals surface area contributed by atoms with Gasteiger partial charge in [0.15, 0.2) is 0 Å². The molecule has 5 fully saturated rings. The van der Waals surface area contributed by atoms with E-state index >= 15 is 0 Å². The van der Waals surface area contributed by atoms with Crippen LogP contribution in [0.15, 0.2) is 0 Å². The second kappa shape index (κ2) is 7.81. The van der Waals surface area contributed by atoms with E-state index in [1.807, 2.05) is 0 Å². The number of aliphatic hydroxyl groups is 2. The highest BCUT2D eigenvalue weighted by Crippen LogP contribution is 2.76. The average molecular weight is 503 g/mol. The van der Waals surface area contributed by atoms with Crippen LogP contribution in [-0.4, -0.2) is 41.3 Å². The van der Waals surface area contributed by atoms with Crippen LogP contribution < -0.4 is 0 Å². The lowest BCUT2D eigenvalue weighted by Crippen LogP contribution is -2.72. The Morgan fingerprint density at radius 1 is 0.833 bits per heavy atom. The molecule has 0 heterocycles. The number of carbonyl (C=O) groups is 2. The third-order valence-corrected chi connectivity index (χ3v) is 13.6. The van der Waals surface area contributed by atoms with Crippen LogP contribution in [0.2, 0.25) is 0 Å². The number of ketones is 1. The van der Waals surface area contributed by atoms with E-state index in [0.29, 0.717) is 31.0 Å². The van der Waals surface area contributed by atoms with Gasteiger partial charge in [0, 0.05) is 12.3 Å². The van der Waals surface area contributed by atoms with Crippen molar-refractivity contribution in [3.63, 3.8) is 0 Å². The minimum absolute atomic E-state index is 0.0192. The summed E-state index contributed by atoms with van der Waals surface area (Å²) in [5.74, 6) is 0.144. The van der Waals surface area contributed by atoms with Gasteiger partial charge in [0.25, 0.3) is 0 Å². The van der Waals surface area contributed by atoms with Gasteiger partial charge in [0.2, 0.25) is 0 Å². The molecule has 0 amide bonds. The highest BCUT2D eigenvalue weighted by atomic mass is 16.5. The molecule has 0 unspecified atom stereocenters. The van der Waals surface area contributed by atoms with Gasteiger partial charge in [-0.1, -0.05) is 48.5 Å². The smallest absolute Gasteiger partial charge is 0.314 e. The summed E-state index contributed by atoms with van der Waals surface area (Å²) in [5, 5.41) is 22.8. The number of hydrogen-bond donors (Lipinski definition) is 2. The monoisotopic (exact) mass is 502 g/mol. The van der Waals surface area contributed by atoms with Gasteiger partial charge in [-0.05, 0) is 96.2 Å². The van der Waals surface area contributed by atoms with Crippen LogP contribution in [0.1, 0.15) is 106 Å². The van der Waals surface area contributed by atoms with Gasteiger partial charge in [-0.2, -0.15) is 0 Å². The first-order valence-electron chi connectivity index (χ1n) is 14.5. The van der Waals surface area contributed by atoms with Crippen molar-refractivity contribution in [3.8, 4) is 0 Å². The largest absolute Gasteiger partial charge is 0.469 e. The molecule has 0 saturated heterocycles. The van der Waals surface area contributed by atoms with Crippen LogP contribution in [-0.2, 0) is 14.3 Å². The predicted octanol–water partition coefficient (Wildman–Crippen LogP) is 5.55. The first-order chi connectivity index (χ1) is 16.5. The Hall–Kier alpha value is -0.940. The van der Waals surface area contributed by atoms with Crippen molar-refractivity contribution in [2.45, 2.75) is 118 Å². The molecule has 0 aromatic heterocycles. The molecule has 204 valence electrons. The summed E-state index contributed by atoms with van der Waals surface area (Å²) in [6.07, 6.45) is 5.92. The van der Waals surface area contributed by atoms with Crippen molar-refractivity contribution in [1.82, 2.24) is 0 Å². The summed E-state index contributed by atoms with van der Waals surface area (Å²) in [6.45, 7) is 16.0. The van der Waals surface area contributed by atoms with Crippen LogP contribution in [0.3, 0.4) is 0 Å². The predicted molar refractivity (Wildman–Crippen MR) is 139 cm³/mol. The van der Waals surface area contributed by atoms with Gasteiger partial charge in [0.05, 0.1) is 24.7 Å². The molecule has 5 rings (SSSR count). The SMILES string of the molecule is COC(=O)[C@]12CCC(C)(C)C[C@H]1[C@H]1C(=O)C[C@@H]3[C@@]4(C)CC[C@H](O)C(C)(C)[C@@H]4CC[C@@]3(C)[C@]1(C)C[C@H]2O. The number of Topliss-reactive ketones (excluding diaryl/α,β-unsaturated/α-hetero) is 1. The van der Waals surface area contributed by atoms with E-state index in [0.717, 1.165) is 38.5 Å². The Balaban J connectivity index is 1.63. The first-order valence-corrected chi connectivity index (χ1v) is 14.5. The fourth-order valence-electron chi connectivity index (χ4n) is 11.4. The van der Waals surface area contributed by atoms with Crippen LogP contribution >= 0.6 is 0 Å². The Bertz CT molecular complexity index is 955. The zero-order chi connectivity index (χ0) is 26.7. The van der Waals surface area contributed by atoms with E-state index in [1.54, 1.807) is 0 Å². The molecular weight excluding hydrogens is 452 g/mol. The maximum Gasteiger partial charge on any atom is 0.314 e. The van der Waals surface area contributed by atoms with Gasteiger partial charge in [0.1, 0.15) is 5.78 Å². The summed E-state index contributed by atoms with van der Waals surface area (Å²) < 4.78 is 5.35. The van der Waals surface area contributed by atoms with E-state index in [4.69, 9.17) is 4.74 Å². The molecule has 5 aliphatic rings. The van der Waals surface area contributed by atoms with Crippen molar-refractivity contribution < 1.29 is 24.5 Å². The number of fused-ring (bicyclic) bond motifs is 7. The second-order valence-corrected chi connectivity index (χ2v) is 15.7. The van der Waals surface area contributed by atoms with Crippen LogP contribution in [0, 0.1) is 56.2 Å². The molecule has 0 radical (unpaired) electrons. The normalized spacial score (nSPS) is 53.3. The molecule has 0 aromatic carbocycles. The number of methoxy groups -OCH3 is 1. The zero-order valence-corrected chi connectivity index (χ0v) is 23.9. The molecular formula is C31H50O5.